The first-order valence-electron chi connectivity index (χ1n) is 6.90. The number of aliphatic hydroxyl groups is 1. The van der Waals surface area contributed by atoms with Crippen molar-refractivity contribution < 1.29 is 9.84 Å². The molecule has 3 nitrogen and oxygen atoms in total. The molecular formula is C14H29NO2. The zero-order chi connectivity index (χ0) is 13.0. The minimum absolute atomic E-state index is 0.187. The van der Waals surface area contributed by atoms with E-state index in [4.69, 9.17) is 4.74 Å². The van der Waals surface area contributed by atoms with Crippen LogP contribution < -0.4 is 0 Å². The summed E-state index contributed by atoms with van der Waals surface area (Å²) in [6.45, 7) is 10.6. The summed E-state index contributed by atoms with van der Waals surface area (Å²) in [6.07, 6.45) is 1.97. The van der Waals surface area contributed by atoms with Crippen molar-refractivity contribution >= 4 is 0 Å². The molecule has 4 atom stereocenters. The van der Waals surface area contributed by atoms with Crippen LogP contribution in [0.5, 0.6) is 0 Å². The lowest BCUT2D eigenvalue weighted by atomic mass is 9.77. The molecule has 102 valence electrons. The molecular weight excluding hydrogens is 214 g/mol. The summed E-state index contributed by atoms with van der Waals surface area (Å²) in [4.78, 5) is 2.41. The summed E-state index contributed by atoms with van der Waals surface area (Å²) in [5, 5.41) is 10.3. The SMILES string of the molecule is COCCN(C(C)C)C1C(C)CC(C)CC1O. The highest BCUT2D eigenvalue weighted by Crippen LogP contribution is 2.33. The van der Waals surface area contributed by atoms with E-state index >= 15 is 0 Å². The molecule has 0 aromatic heterocycles. The van der Waals surface area contributed by atoms with E-state index in [0.717, 1.165) is 19.6 Å². The zero-order valence-corrected chi connectivity index (χ0v) is 12.0. The van der Waals surface area contributed by atoms with E-state index in [1.165, 1.54) is 6.42 Å². The first kappa shape index (κ1) is 14.9. The topological polar surface area (TPSA) is 32.7 Å². The molecule has 1 rings (SSSR count). The summed E-state index contributed by atoms with van der Waals surface area (Å²) in [5.74, 6) is 1.21. The Morgan fingerprint density at radius 1 is 1.29 bits per heavy atom. The van der Waals surface area contributed by atoms with Crippen molar-refractivity contribution in [3.8, 4) is 0 Å². The lowest BCUT2D eigenvalue weighted by molar-refractivity contribution is -0.0438. The molecule has 1 aliphatic carbocycles. The first-order valence-corrected chi connectivity index (χ1v) is 6.90. The maximum absolute atomic E-state index is 10.3. The van der Waals surface area contributed by atoms with Gasteiger partial charge in [0.15, 0.2) is 0 Å². The van der Waals surface area contributed by atoms with Crippen LogP contribution in [0.4, 0.5) is 0 Å². The standard InChI is InChI=1S/C14H29NO2/c1-10(2)15(6-7-17-5)14-12(4)8-11(3)9-13(14)16/h10-14,16H,6-9H2,1-5H3. The smallest absolute Gasteiger partial charge is 0.0700 e. The van der Waals surface area contributed by atoms with Crippen molar-refractivity contribution in [2.24, 2.45) is 11.8 Å². The quantitative estimate of drug-likeness (QED) is 0.803. The van der Waals surface area contributed by atoms with Crippen molar-refractivity contribution in [3.63, 3.8) is 0 Å². The number of nitrogens with zero attached hydrogens (tertiary/aromatic N) is 1. The number of hydrogen-bond donors (Lipinski definition) is 1. The van der Waals surface area contributed by atoms with Gasteiger partial charge in [0.25, 0.3) is 0 Å². The molecule has 17 heavy (non-hydrogen) atoms. The Bertz CT molecular complexity index is 208. The van der Waals surface area contributed by atoms with Gasteiger partial charge in [0.05, 0.1) is 12.7 Å². The third-order valence-corrected chi connectivity index (χ3v) is 4.00. The molecule has 1 aliphatic rings. The van der Waals surface area contributed by atoms with Crippen LogP contribution in [0.1, 0.15) is 40.5 Å². The number of methoxy groups -OCH3 is 1. The van der Waals surface area contributed by atoms with Crippen molar-refractivity contribution in [1.82, 2.24) is 4.90 Å². The van der Waals surface area contributed by atoms with Crippen LogP contribution in [0.2, 0.25) is 0 Å². The first-order chi connectivity index (χ1) is 7.97. The van der Waals surface area contributed by atoms with Gasteiger partial charge < -0.3 is 9.84 Å². The molecule has 0 aromatic carbocycles. The molecule has 0 aliphatic heterocycles. The van der Waals surface area contributed by atoms with E-state index in [0.29, 0.717) is 23.9 Å². The third-order valence-electron chi connectivity index (χ3n) is 4.00. The Balaban J connectivity index is 2.70. The van der Waals surface area contributed by atoms with Crippen molar-refractivity contribution in [2.45, 2.75) is 58.7 Å². The number of ether oxygens (including phenoxy) is 1. The second-order valence-electron chi connectivity index (χ2n) is 5.94. The maximum Gasteiger partial charge on any atom is 0.0700 e. The minimum Gasteiger partial charge on any atom is -0.391 e. The van der Waals surface area contributed by atoms with E-state index in [1.807, 2.05) is 0 Å². The molecule has 0 radical (unpaired) electrons. The molecule has 0 spiro atoms. The second-order valence-corrected chi connectivity index (χ2v) is 5.94. The fraction of sp³-hybridized carbons (Fsp3) is 1.00. The van der Waals surface area contributed by atoms with Gasteiger partial charge in [0, 0.05) is 25.7 Å². The molecule has 0 aromatic rings. The summed E-state index contributed by atoms with van der Waals surface area (Å²) in [5.41, 5.74) is 0. The highest BCUT2D eigenvalue weighted by Gasteiger charge is 2.37. The van der Waals surface area contributed by atoms with Crippen LogP contribution in [-0.2, 0) is 4.74 Å². The van der Waals surface area contributed by atoms with Gasteiger partial charge in [-0.2, -0.15) is 0 Å². The summed E-state index contributed by atoms with van der Waals surface area (Å²) >= 11 is 0. The Labute approximate surface area is 106 Å². The molecule has 0 heterocycles. The molecule has 4 unspecified atom stereocenters. The Morgan fingerprint density at radius 2 is 1.94 bits per heavy atom. The van der Waals surface area contributed by atoms with E-state index in [2.05, 4.69) is 32.6 Å². The Morgan fingerprint density at radius 3 is 2.41 bits per heavy atom. The average molecular weight is 243 g/mol. The van der Waals surface area contributed by atoms with Crippen LogP contribution in [0.3, 0.4) is 0 Å². The van der Waals surface area contributed by atoms with Crippen LogP contribution in [0, 0.1) is 11.8 Å². The van der Waals surface area contributed by atoms with Gasteiger partial charge >= 0.3 is 0 Å². The van der Waals surface area contributed by atoms with Crippen LogP contribution in [0.25, 0.3) is 0 Å². The normalized spacial score (nSPS) is 34.6. The van der Waals surface area contributed by atoms with E-state index < -0.39 is 0 Å². The fourth-order valence-electron chi connectivity index (χ4n) is 3.30. The largest absolute Gasteiger partial charge is 0.391 e. The van der Waals surface area contributed by atoms with Gasteiger partial charge in [-0.05, 0) is 38.5 Å². The van der Waals surface area contributed by atoms with E-state index in [-0.39, 0.29) is 6.10 Å². The molecule has 1 saturated carbocycles. The second kappa shape index (κ2) is 6.72. The minimum atomic E-state index is -0.187. The molecule has 1 fully saturated rings. The van der Waals surface area contributed by atoms with Gasteiger partial charge in [0.1, 0.15) is 0 Å². The Hall–Kier alpha value is -0.120. The number of aliphatic hydroxyl groups excluding tert-OH is 1. The van der Waals surface area contributed by atoms with Gasteiger partial charge in [-0.3, -0.25) is 4.90 Å². The molecule has 0 amide bonds. The summed E-state index contributed by atoms with van der Waals surface area (Å²) in [7, 11) is 1.74. The Kier molecular flexibility index (Phi) is 5.90. The van der Waals surface area contributed by atoms with E-state index in [1.54, 1.807) is 7.11 Å². The molecule has 1 N–H and O–H groups in total. The monoisotopic (exact) mass is 243 g/mol. The van der Waals surface area contributed by atoms with Gasteiger partial charge in [-0.25, -0.2) is 0 Å². The lowest BCUT2D eigenvalue weighted by Gasteiger charge is -2.45. The zero-order valence-electron chi connectivity index (χ0n) is 12.0. The summed E-state index contributed by atoms with van der Waals surface area (Å²) in [6, 6.07) is 0.752. The van der Waals surface area contributed by atoms with Crippen LogP contribution in [0.15, 0.2) is 0 Å². The predicted octanol–water partition coefficient (Wildman–Crippen LogP) is 2.14. The lowest BCUT2D eigenvalue weighted by Crippen LogP contribution is -2.54. The van der Waals surface area contributed by atoms with Gasteiger partial charge in [-0.1, -0.05) is 13.8 Å². The molecule has 0 saturated heterocycles. The number of rotatable bonds is 5. The van der Waals surface area contributed by atoms with Crippen molar-refractivity contribution in [2.75, 3.05) is 20.3 Å². The highest BCUT2D eigenvalue weighted by atomic mass is 16.5. The van der Waals surface area contributed by atoms with Crippen LogP contribution in [-0.4, -0.2) is 48.5 Å². The van der Waals surface area contributed by atoms with Crippen molar-refractivity contribution in [3.05, 3.63) is 0 Å². The van der Waals surface area contributed by atoms with Crippen molar-refractivity contribution in [1.29, 1.82) is 0 Å². The van der Waals surface area contributed by atoms with Gasteiger partial charge in [-0.15, -0.1) is 0 Å². The van der Waals surface area contributed by atoms with Crippen LogP contribution >= 0.6 is 0 Å². The van der Waals surface area contributed by atoms with E-state index in [9.17, 15) is 5.11 Å². The highest BCUT2D eigenvalue weighted by molar-refractivity contribution is 4.90. The fourth-order valence-corrected chi connectivity index (χ4v) is 3.30. The summed E-state index contributed by atoms with van der Waals surface area (Å²) < 4.78 is 5.18. The molecule has 0 bridgehead atoms. The molecule has 3 heteroatoms. The third kappa shape index (κ3) is 3.94. The maximum atomic E-state index is 10.3. The van der Waals surface area contributed by atoms with Gasteiger partial charge in [0.2, 0.25) is 0 Å². The average Bonchev–Trinajstić information content (AvgIpc) is 2.20. The number of hydrogen-bond acceptors (Lipinski definition) is 3. The predicted molar refractivity (Wildman–Crippen MR) is 71.1 cm³/mol.